The summed E-state index contributed by atoms with van der Waals surface area (Å²) < 4.78 is 1.03. The molecule has 1 aromatic rings. The summed E-state index contributed by atoms with van der Waals surface area (Å²) in [7, 11) is 0. The summed E-state index contributed by atoms with van der Waals surface area (Å²) in [6.07, 6.45) is 6.19. The highest BCUT2D eigenvalue weighted by molar-refractivity contribution is 9.10. The first-order valence-corrected chi connectivity index (χ1v) is 8.54. The smallest absolute Gasteiger partial charge is 0.144 e. The lowest BCUT2D eigenvalue weighted by Gasteiger charge is -2.23. The Kier molecular flexibility index (Phi) is 5.05. The zero-order valence-corrected chi connectivity index (χ0v) is 14.7. The molecule has 1 N–H and O–H groups in total. The normalized spacial score (nSPS) is 16.6. The Balaban J connectivity index is 2.42. The molecule has 0 radical (unpaired) electrons. The molecule has 0 bridgehead atoms. The molecule has 1 aliphatic carbocycles. The lowest BCUT2D eigenvalue weighted by molar-refractivity contribution is 0.548. The molecule has 2 rings (SSSR count). The minimum absolute atomic E-state index is 0.0256. The average Bonchev–Trinajstić information content (AvgIpc) is 2.90. The van der Waals surface area contributed by atoms with Crippen LogP contribution in [0.3, 0.4) is 0 Å². The molecule has 1 aromatic heterocycles. The van der Waals surface area contributed by atoms with Crippen molar-refractivity contribution in [3.63, 3.8) is 0 Å². The van der Waals surface area contributed by atoms with Gasteiger partial charge in [0.2, 0.25) is 0 Å². The molecule has 4 heteroatoms. The van der Waals surface area contributed by atoms with E-state index in [9.17, 15) is 0 Å². The third-order valence-corrected chi connectivity index (χ3v) is 4.59. The van der Waals surface area contributed by atoms with Crippen LogP contribution in [0.4, 0.5) is 5.82 Å². The van der Waals surface area contributed by atoms with Gasteiger partial charge in [-0.05, 0) is 35.2 Å². The van der Waals surface area contributed by atoms with E-state index in [1.165, 1.54) is 25.7 Å². The zero-order chi connectivity index (χ0) is 14.8. The van der Waals surface area contributed by atoms with Crippen LogP contribution in [0.5, 0.6) is 0 Å². The lowest BCUT2D eigenvalue weighted by Crippen LogP contribution is -2.19. The fourth-order valence-corrected chi connectivity index (χ4v) is 3.60. The Morgan fingerprint density at radius 2 is 1.85 bits per heavy atom. The molecular formula is C16H26BrN3. The first-order chi connectivity index (χ1) is 9.43. The highest BCUT2D eigenvalue weighted by atomic mass is 79.9. The molecule has 1 fully saturated rings. The SMILES string of the molecule is CCCNc1nc(C2CCCC2)nc(C(C)(C)C)c1Br. The van der Waals surface area contributed by atoms with Crippen molar-refractivity contribution in [1.29, 1.82) is 0 Å². The number of halogens is 1. The van der Waals surface area contributed by atoms with Crippen LogP contribution in [0.2, 0.25) is 0 Å². The predicted molar refractivity (Wildman–Crippen MR) is 88.4 cm³/mol. The fraction of sp³-hybridized carbons (Fsp3) is 0.750. The van der Waals surface area contributed by atoms with E-state index in [0.717, 1.165) is 34.8 Å². The van der Waals surface area contributed by atoms with Crippen LogP contribution in [0.15, 0.2) is 4.47 Å². The van der Waals surface area contributed by atoms with Gasteiger partial charge in [-0.25, -0.2) is 9.97 Å². The van der Waals surface area contributed by atoms with Gasteiger partial charge < -0.3 is 5.32 Å². The van der Waals surface area contributed by atoms with Gasteiger partial charge in [0, 0.05) is 17.9 Å². The summed E-state index contributed by atoms with van der Waals surface area (Å²) in [4.78, 5) is 9.69. The van der Waals surface area contributed by atoms with E-state index in [2.05, 4.69) is 48.9 Å². The standard InChI is InChI=1S/C16H26BrN3/c1-5-10-18-15-12(17)13(16(2,3)4)19-14(20-15)11-8-6-7-9-11/h11H,5-10H2,1-4H3,(H,18,19,20). The summed E-state index contributed by atoms with van der Waals surface area (Å²) in [6, 6.07) is 0. The van der Waals surface area contributed by atoms with Gasteiger partial charge in [-0.3, -0.25) is 0 Å². The van der Waals surface area contributed by atoms with E-state index in [1.807, 2.05) is 0 Å². The Morgan fingerprint density at radius 3 is 2.40 bits per heavy atom. The highest BCUT2D eigenvalue weighted by Gasteiger charge is 2.27. The minimum atomic E-state index is 0.0256. The van der Waals surface area contributed by atoms with Gasteiger partial charge in [-0.1, -0.05) is 40.5 Å². The van der Waals surface area contributed by atoms with E-state index < -0.39 is 0 Å². The molecule has 0 aliphatic heterocycles. The molecule has 0 amide bonds. The number of nitrogens with zero attached hydrogens (tertiary/aromatic N) is 2. The molecule has 20 heavy (non-hydrogen) atoms. The van der Waals surface area contributed by atoms with Crippen LogP contribution in [0.1, 0.15) is 77.2 Å². The molecule has 1 heterocycles. The molecule has 1 saturated carbocycles. The minimum Gasteiger partial charge on any atom is -0.369 e. The monoisotopic (exact) mass is 339 g/mol. The Morgan fingerprint density at radius 1 is 1.20 bits per heavy atom. The van der Waals surface area contributed by atoms with Crippen LogP contribution in [-0.2, 0) is 5.41 Å². The van der Waals surface area contributed by atoms with E-state index in [0.29, 0.717) is 5.92 Å². The Labute approximate surface area is 131 Å². The second-order valence-corrected chi connectivity index (χ2v) is 7.54. The summed E-state index contributed by atoms with van der Waals surface area (Å²) >= 11 is 3.70. The third kappa shape index (κ3) is 3.51. The highest BCUT2D eigenvalue weighted by Crippen LogP contribution is 2.37. The van der Waals surface area contributed by atoms with Crippen LogP contribution >= 0.6 is 15.9 Å². The lowest BCUT2D eigenvalue weighted by atomic mass is 9.91. The van der Waals surface area contributed by atoms with Crippen LogP contribution in [-0.4, -0.2) is 16.5 Å². The molecular weight excluding hydrogens is 314 g/mol. The molecule has 0 unspecified atom stereocenters. The van der Waals surface area contributed by atoms with Crippen molar-refractivity contribution in [3.05, 3.63) is 16.0 Å². The van der Waals surface area contributed by atoms with Crippen molar-refractivity contribution < 1.29 is 0 Å². The van der Waals surface area contributed by atoms with E-state index in [1.54, 1.807) is 0 Å². The Hall–Kier alpha value is -0.640. The van der Waals surface area contributed by atoms with Gasteiger partial charge in [0.15, 0.2) is 0 Å². The number of nitrogens with one attached hydrogen (secondary N) is 1. The maximum Gasteiger partial charge on any atom is 0.144 e. The number of rotatable bonds is 4. The molecule has 0 aromatic carbocycles. The topological polar surface area (TPSA) is 37.8 Å². The van der Waals surface area contributed by atoms with Gasteiger partial charge in [-0.15, -0.1) is 0 Å². The van der Waals surface area contributed by atoms with Gasteiger partial charge in [0.05, 0.1) is 10.2 Å². The molecule has 1 aliphatic rings. The average molecular weight is 340 g/mol. The van der Waals surface area contributed by atoms with Crippen LogP contribution in [0, 0.1) is 0 Å². The summed E-state index contributed by atoms with van der Waals surface area (Å²) in [5.41, 5.74) is 1.14. The molecule has 112 valence electrons. The quantitative estimate of drug-likeness (QED) is 0.837. The van der Waals surface area contributed by atoms with E-state index in [-0.39, 0.29) is 5.41 Å². The first kappa shape index (κ1) is 15.7. The van der Waals surface area contributed by atoms with Gasteiger partial charge >= 0.3 is 0 Å². The number of hydrogen-bond acceptors (Lipinski definition) is 3. The second-order valence-electron chi connectivity index (χ2n) is 6.75. The van der Waals surface area contributed by atoms with Crippen molar-refractivity contribution in [2.45, 2.75) is 71.1 Å². The Bertz CT molecular complexity index is 460. The second kappa shape index (κ2) is 6.42. The van der Waals surface area contributed by atoms with E-state index >= 15 is 0 Å². The van der Waals surface area contributed by atoms with Crippen molar-refractivity contribution >= 4 is 21.7 Å². The molecule has 0 atom stereocenters. The first-order valence-electron chi connectivity index (χ1n) is 7.75. The summed E-state index contributed by atoms with van der Waals surface area (Å²) in [6.45, 7) is 9.75. The van der Waals surface area contributed by atoms with Crippen molar-refractivity contribution in [1.82, 2.24) is 9.97 Å². The molecule has 3 nitrogen and oxygen atoms in total. The fourth-order valence-electron chi connectivity index (χ4n) is 2.69. The third-order valence-electron chi connectivity index (χ3n) is 3.84. The summed E-state index contributed by atoms with van der Waals surface area (Å²) in [5, 5.41) is 3.44. The molecule has 0 saturated heterocycles. The maximum atomic E-state index is 4.90. The molecule has 0 spiro atoms. The maximum absolute atomic E-state index is 4.90. The van der Waals surface area contributed by atoms with Crippen LogP contribution < -0.4 is 5.32 Å². The number of anilines is 1. The number of aromatic nitrogens is 2. The van der Waals surface area contributed by atoms with Gasteiger partial charge in [-0.2, -0.15) is 0 Å². The van der Waals surface area contributed by atoms with E-state index in [4.69, 9.17) is 9.97 Å². The largest absolute Gasteiger partial charge is 0.369 e. The zero-order valence-electron chi connectivity index (χ0n) is 13.1. The van der Waals surface area contributed by atoms with Crippen molar-refractivity contribution in [2.75, 3.05) is 11.9 Å². The van der Waals surface area contributed by atoms with Crippen molar-refractivity contribution in [2.24, 2.45) is 0 Å². The predicted octanol–water partition coefficient (Wildman–Crippen LogP) is 5.02. The summed E-state index contributed by atoms with van der Waals surface area (Å²) in [5.74, 6) is 2.55. The number of hydrogen-bond donors (Lipinski definition) is 1. The van der Waals surface area contributed by atoms with Gasteiger partial charge in [0.1, 0.15) is 11.6 Å². The van der Waals surface area contributed by atoms with Crippen molar-refractivity contribution in [3.8, 4) is 0 Å². The van der Waals surface area contributed by atoms with Gasteiger partial charge in [0.25, 0.3) is 0 Å². The van der Waals surface area contributed by atoms with Crippen LogP contribution in [0.25, 0.3) is 0 Å².